The molecule has 0 radical (unpaired) electrons. The molecule has 0 amide bonds. The van der Waals surface area contributed by atoms with Crippen LogP contribution < -0.4 is 4.57 Å². The molecule has 1 heterocycles. The Morgan fingerprint density at radius 2 is 1.50 bits per heavy atom. The predicted molar refractivity (Wildman–Crippen MR) is 102 cm³/mol. The van der Waals surface area contributed by atoms with E-state index in [-0.39, 0.29) is 16.7 Å². The molecule has 122 valence electrons. The lowest BCUT2D eigenvalue weighted by molar-refractivity contribution is -0.660. The Balaban J connectivity index is 2.52. The summed E-state index contributed by atoms with van der Waals surface area (Å²) in [5.74, 6) is 0. The zero-order chi connectivity index (χ0) is 27.4. The van der Waals surface area contributed by atoms with Crippen LogP contribution in [0.15, 0.2) is 48.7 Å². The van der Waals surface area contributed by atoms with Gasteiger partial charge in [0, 0.05) is 33.6 Å². The van der Waals surface area contributed by atoms with Gasteiger partial charge in [-0.1, -0.05) is 30.3 Å². The number of aromatic nitrogens is 1. The smallest absolute Gasteiger partial charge is 0.201 e. The molecule has 1 nitrogen and oxygen atoms in total. The maximum Gasteiger partial charge on any atom is 0.213 e. The number of rotatable bonds is 2. The Labute approximate surface area is 162 Å². The number of nitrogens with zero attached hydrogens (tertiary/aromatic N) is 1. The molecule has 24 heavy (non-hydrogen) atoms. The van der Waals surface area contributed by atoms with Gasteiger partial charge >= 0.3 is 0 Å². The second-order valence-corrected chi connectivity index (χ2v) is 5.86. The van der Waals surface area contributed by atoms with Gasteiger partial charge in [-0.2, -0.15) is 0 Å². The fourth-order valence-corrected chi connectivity index (χ4v) is 2.81. The van der Waals surface area contributed by atoms with Gasteiger partial charge in [0.25, 0.3) is 0 Å². The van der Waals surface area contributed by atoms with Gasteiger partial charge in [-0.3, -0.25) is 0 Å². The first kappa shape index (κ1) is 7.23. The number of pyridine rings is 1. The molecule has 1 aromatic heterocycles. The number of benzene rings is 2. The number of aryl methyl sites for hydroxylation is 5. The molecule has 0 aliphatic heterocycles. The summed E-state index contributed by atoms with van der Waals surface area (Å²) in [7, 11) is 1.68. The van der Waals surface area contributed by atoms with Gasteiger partial charge in [-0.15, -0.1) is 0 Å². The van der Waals surface area contributed by atoms with Gasteiger partial charge in [0.2, 0.25) is 5.69 Å². The van der Waals surface area contributed by atoms with Gasteiger partial charge < -0.3 is 0 Å². The molecular formula is C23H26N+. The highest BCUT2D eigenvalue weighted by molar-refractivity contribution is 5.73. The van der Waals surface area contributed by atoms with Gasteiger partial charge in [-0.05, 0) is 73.8 Å². The highest BCUT2D eigenvalue weighted by Gasteiger charge is 2.17. The van der Waals surface area contributed by atoms with Crippen LogP contribution in [0.25, 0.3) is 22.4 Å². The van der Waals surface area contributed by atoms with Crippen LogP contribution in [-0.2, 0) is 7.05 Å². The van der Waals surface area contributed by atoms with Gasteiger partial charge in [0.1, 0.15) is 7.05 Å². The summed E-state index contributed by atoms with van der Waals surface area (Å²) in [6, 6.07) is 11.1. The first-order valence-corrected chi connectivity index (χ1v) is 7.53. The third-order valence-electron chi connectivity index (χ3n) is 4.14. The lowest BCUT2D eigenvalue weighted by atomic mass is 9.93. The van der Waals surface area contributed by atoms with Crippen LogP contribution in [0.1, 0.15) is 44.3 Å². The third-order valence-corrected chi connectivity index (χ3v) is 4.14. The molecule has 0 unspecified atom stereocenters. The zero-order valence-electron chi connectivity index (χ0n) is 25.6. The summed E-state index contributed by atoms with van der Waals surface area (Å²) in [5, 5.41) is 0. The molecule has 0 aliphatic carbocycles. The summed E-state index contributed by atoms with van der Waals surface area (Å²) >= 11 is 0. The topological polar surface area (TPSA) is 3.88 Å². The van der Waals surface area contributed by atoms with Crippen LogP contribution in [0.2, 0.25) is 0 Å². The Bertz CT molecular complexity index is 1260. The minimum Gasteiger partial charge on any atom is -0.201 e. The van der Waals surface area contributed by atoms with Crippen LogP contribution >= 0.6 is 0 Å². The van der Waals surface area contributed by atoms with E-state index < -0.39 is 44.1 Å². The molecule has 0 N–H and O–H groups in total. The highest BCUT2D eigenvalue weighted by Crippen LogP contribution is 2.30. The summed E-state index contributed by atoms with van der Waals surface area (Å²) in [4.78, 5) is 0. The van der Waals surface area contributed by atoms with E-state index in [4.69, 9.17) is 16.4 Å². The monoisotopic (exact) mass is 328 g/mol. The maximum atomic E-state index is 8.08. The van der Waals surface area contributed by atoms with E-state index in [1.165, 1.54) is 6.20 Å². The van der Waals surface area contributed by atoms with Crippen LogP contribution in [0.3, 0.4) is 0 Å². The molecule has 0 spiro atoms. The predicted octanol–water partition coefficient (Wildman–Crippen LogP) is 5.39. The standard InChI is InChI=1S/C23H26N/c1-15-9-7-8-10-21(15)23-13-22(18(4)14-24(23)6)20-11-16(2)19(5)17(3)12-20/h7-14H,1-6H3/q+1/i2D3,3D3,4D3,5D3. The molecule has 1 heteroatoms. The number of hydrogen-bond donors (Lipinski definition) is 0. The van der Waals surface area contributed by atoms with Crippen molar-refractivity contribution >= 4 is 0 Å². The van der Waals surface area contributed by atoms with Crippen LogP contribution in [0.5, 0.6) is 0 Å². The van der Waals surface area contributed by atoms with Crippen molar-refractivity contribution < 1.29 is 21.0 Å². The first-order valence-electron chi connectivity index (χ1n) is 13.5. The average molecular weight is 329 g/mol. The van der Waals surface area contributed by atoms with Crippen LogP contribution in [0.4, 0.5) is 0 Å². The Morgan fingerprint density at radius 1 is 0.792 bits per heavy atom. The largest absolute Gasteiger partial charge is 0.213 e. The van der Waals surface area contributed by atoms with Crippen LogP contribution in [-0.4, -0.2) is 0 Å². The van der Waals surface area contributed by atoms with E-state index in [2.05, 4.69) is 0 Å². The second-order valence-electron chi connectivity index (χ2n) is 5.86. The van der Waals surface area contributed by atoms with Crippen molar-refractivity contribution in [3.05, 3.63) is 76.5 Å². The summed E-state index contributed by atoms with van der Waals surface area (Å²) in [6.45, 7) is -9.68. The fourth-order valence-electron chi connectivity index (χ4n) is 2.81. The maximum absolute atomic E-state index is 8.08. The molecular weight excluding hydrogens is 290 g/mol. The zero-order valence-corrected chi connectivity index (χ0v) is 13.6. The van der Waals surface area contributed by atoms with E-state index in [0.29, 0.717) is 5.69 Å². The molecule has 0 saturated carbocycles. The normalized spacial score (nSPS) is 20.4. The molecule has 0 aliphatic rings. The summed E-state index contributed by atoms with van der Waals surface area (Å²) < 4.78 is 97.2. The quantitative estimate of drug-likeness (QED) is 0.556. The van der Waals surface area contributed by atoms with Gasteiger partial charge in [-0.25, -0.2) is 4.57 Å². The lowest BCUT2D eigenvalue weighted by Gasteiger charge is -2.13. The van der Waals surface area contributed by atoms with E-state index in [9.17, 15) is 0 Å². The molecule has 0 fully saturated rings. The Kier molecular flexibility index (Phi) is 1.88. The fraction of sp³-hybridized carbons (Fsp3) is 0.261. The lowest BCUT2D eigenvalue weighted by Crippen LogP contribution is -2.31. The van der Waals surface area contributed by atoms with E-state index >= 15 is 0 Å². The van der Waals surface area contributed by atoms with Crippen molar-refractivity contribution in [1.82, 2.24) is 0 Å². The highest BCUT2D eigenvalue weighted by atomic mass is 14.9. The Hall–Kier alpha value is -2.41. The van der Waals surface area contributed by atoms with Crippen molar-refractivity contribution in [3.63, 3.8) is 0 Å². The average Bonchev–Trinajstić information content (AvgIpc) is 2.70. The number of hydrogen-bond acceptors (Lipinski definition) is 0. The Morgan fingerprint density at radius 3 is 2.12 bits per heavy atom. The van der Waals surface area contributed by atoms with Crippen molar-refractivity contribution in [2.45, 2.75) is 34.3 Å². The third kappa shape index (κ3) is 2.87. The second kappa shape index (κ2) is 6.24. The minimum absolute atomic E-state index is 0.00168. The van der Waals surface area contributed by atoms with Gasteiger partial charge in [0.05, 0.1) is 0 Å². The van der Waals surface area contributed by atoms with E-state index in [0.717, 1.165) is 23.3 Å². The van der Waals surface area contributed by atoms with Crippen molar-refractivity contribution in [1.29, 1.82) is 0 Å². The summed E-state index contributed by atoms with van der Waals surface area (Å²) in [5.41, 5.74) is 0.235. The van der Waals surface area contributed by atoms with Crippen molar-refractivity contribution in [3.8, 4) is 22.4 Å². The molecule has 0 saturated heterocycles. The molecule has 3 rings (SSSR count). The molecule has 0 bridgehead atoms. The van der Waals surface area contributed by atoms with Crippen molar-refractivity contribution in [2.24, 2.45) is 7.05 Å². The SMILES string of the molecule is [2H]C([2H])([2H])c1c[n+](C)c(-c2ccccc2C)cc1-c1cc(C([2H])([2H])[2H])c(C([2H])([2H])[2H])c(C([2H])([2H])[2H])c1. The van der Waals surface area contributed by atoms with E-state index in [1.54, 1.807) is 17.7 Å². The minimum atomic E-state index is -3.02. The molecule has 0 atom stereocenters. The van der Waals surface area contributed by atoms with Crippen LogP contribution in [0, 0.1) is 34.3 Å². The summed E-state index contributed by atoms with van der Waals surface area (Å²) in [6.07, 6.45) is 1.41. The first-order chi connectivity index (χ1) is 16.2. The van der Waals surface area contributed by atoms with Gasteiger partial charge in [0.15, 0.2) is 6.20 Å². The van der Waals surface area contributed by atoms with Crippen molar-refractivity contribution in [2.75, 3.05) is 0 Å². The molecule has 3 aromatic rings. The molecule has 2 aromatic carbocycles. The van der Waals surface area contributed by atoms with E-state index in [1.807, 2.05) is 31.2 Å².